The predicted octanol–water partition coefficient (Wildman–Crippen LogP) is 5.81. The van der Waals surface area contributed by atoms with Crippen molar-refractivity contribution in [1.29, 1.82) is 0 Å². The molecule has 6 nitrogen and oxygen atoms in total. The highest BCUT2D eigenvalue weighted by molar-refractivity contribution is 7.22. The van der Waals surface area contributed by atoms with Crippen LogP contribution >= 0.6 is 11.3 Å². The smallest absolute Gasteiger partial charge is 0.282 e. The fourth-order valence-electron chi connectivity index (χ4n) is 3.46. The first kappa shape index (κ1) is 20.1. The summed E-state index contributed by atoms with van der Waals surface area (Å²) in [6.45, 7) is 4.39. The molecule has 0 N–H and O–H groups in total. The molecule has 5 rings (SSSR count). The van der Waals surface area contributed by atoms with E-state index in [1.807, 2.05) is 54.6 Å². The van der Waals surface area contributed by atoms with Crippen LogP contribution in [0.15, 0.2) is 77.4 Å². The molecule has 3 aromatic heterocycles. The van der Waals surface area contributed by atoms with Crippen molar-refractivity contribution in [2.45, 2.75) is 20.4 Å². The molecular formula is C25H20N4O2S. The quantitative estimate of drug-likeness (QED) is 0.345. The summed E-state index contributed by atoms with van der Waals surface area (Å²) in [5.74, 6) is 0.262. The van der Waals surface area contributed by atoms with Crippen LogP contribution in [0.1, 0.15) is 27.3 Å². The Kier molecular flexibility index (Phi) is 5.25. The van der Waals surface area contributed by atoms with E-state index in [9.17, 15) is 4.79 Å². The SMILES string of the molecule is Cc1ccc2sc(N(Cc3ccccn3)C(=O)c3cc(-c4ccccc4)on3)nc2c1C. The van der Waals surface area contributed by atoms with Gasteiger partial charge < -0.3 is 4.52 Å². The minimum Gasteiger partial charge on any atom is -0.355 e. The van der Waals surface area contributed by atoms with Crippen LogP contribution in [-0.2, 0) is 6.54 Å². The fraction of sp³-hybridized carbons (Fsp3) is 0.120. The fourth-order valence-corrected chi connectivity index (χ4v) is 4.49. The third-order valence-electron chi connectivity index (χ3n) is 5.38. The molecule has 0 radical (unpaired) electrons. The van der Waals surface area contributed by atoms with Crippen molar-refractivity contribution in [3.8, 4) is 11.3 Å². The maximum Gasteiger partial charge on any atom is 0.282 e. The van der Waals surface area contributed by atoms with Gasteiger partial charge >= 0.3 is 0 Å². The molecule has 0 aliphatic carbocycles. The number of pyridine rings is 1. The third-order valence-corrected chi connectivity index (χ3v) is 6.43. The van der Waals surface area contributed by atoms with E-state index in [4.69, 9.17) is 9.51 Å². The maximum absolute atomic E-state index is 13.6. The predicted molar refractivity (Wildman–Crippen MR) is 126 cm³/mol. The van der Waals surface area contributed by atoms with E-state index >= 15 is 0 Å². The van der Waals surface area contributed by atoms with E-state index in [0.717, 1.165) is 27.0 Å². The van der Waals surface area contributed by atoms with Gasteiger partial charge in [0.2, 0.25) is 0 Å². The summed E-state index contributed by atoms with van der Waals surface area (Å²) < 4.78 is 6.51. The van der Waals surface area contributed by atoms with Gasteiger partial charge in [-0.3, -0.25) is 14.7 Å². The zero-order valence-electron chi connectivity index (χ0n) is 17.6. The Hall–Kier alpha value is -3.84. The average Bonchev–Trinajstić information content (AvgIpc) is 3.49. The highest BCUT2D eigenvalue weighted by Gasteiger charge is 2.26. The van der Waals surface area contributed by atoms with Crippen LogP contribution in [0.25, 0.3) is 21.5 Å². The van der Waals surface area contributed by atoms with Crippen LogP contribution in [0.2, 0.25) is 0 Å². The Balaban J connectivity index is 1.55. The van der Waals surface area contributed by atoms with Crippen LogP contribution in [0, 0.1) is 13.8 Å². The number of anilines is 1. The van der Waals surface area contributed by atoms with Crippen molar-refractivity contribution in [3.05, 3.63) is 95.4 Å². The molecule has 5 aromatic rings. The molecule has 3 heterocycles. The van der Waals surface area contributed by atoms with Gasteiger partial charge in [0.05, 0.1) is 22.5 Å². The van der Waals surface area contributed by atoms with E-state index in [1.54, 1.807) is 17.2 Å². The van der Waals surface area contributed by atoms with Crippen molar-refractivity contribution in [3.63, 3.8) is 0 Å². The van der Waals surface area contributed by atoms with Gasteiger partial charge in [-0.15, -0.1) is 0 Å². The highest BCUT2D eigenvalue weighted by Crippen LogP contribution is 2.33. The van der Waals surface area contributed by atoms with E-state index in [2.05, 4.69) is 30.1 Å². The Labute approximate surface area is 189 Å². The molecule has 0 unspecified atom stereocenters. The largest absolute Gasteiger partial charge is 0.355 e. The van der Waals surface area contributed by atoms with Gasteiger partial charge in [0.25, 0.3) is 5.91 Å². The molecule has 0 saturated heterocycles. The van der Waals surface area contributed by atoms with Crippen LogP contribution in [0.5, 0.6) is 0 Å². The van der Waals surface area contributed by atoms with Crippen LogP contribution in [0.3, 0.4) is 0 Å². The van der Waals surface area contributed by atoms with E-state index in [0.29, 0.717) is 10.9 Å². The third kappa shape index (κ3) is 3.78. The van der Waals surface area contributed by atoms with Gasteiger partial charge in [-0.1, -0.05) is 59.0 Å². The monoisotopic (exact) mass is 440 g/mol. The molecule has 0 aliphatic heterocycles. The first-order valence-corrected chi connectivity index (χ1v) is 11.0. The number of thiazole rings is 1. The molecule has 0 bridgehead atoms. The molecule has 158 valence electrons. The summed E-state index contributed by atoms with van der Waals surface area (Å²) in [5, 5.41) is 4.66. The van der Waals surface area contributed by atoms with Gasteiger partial charge in [0, 0.05) is 17.8 Å². The van der Waals surface area contributed by atoms with Gasteiger partial charge in [-0.25, -0.2) is 4.98 Å². The van der Waals surface area contributed by atoms with Crippen LogP contribution in [-0.4, -0.2) is 21.0 Å². The minimum atomic E-state index is -0.282. The summed E-state index contributed by atoms with van der Waals surface area (Å²) in [4.78, 5) is 24.4. The molecule has 1 amide bonds. The Morgan fingerprint density at radius 1 is 1.03 bits per heavy atom. The van der Waals surface area contributed by atoms with E-state index in [-0.39, 0.29) is 18.1 Å². The number of amides is 1. The normalized spacial score (nSPS) is 11.1. The lowest BCUT2D eigenvalue weighted by Crippen LogP contribution is -2.31. The van der Waals surface area contributed by atoms with E-state index < -0.39 is 0 Å². The topological polar surface area (TPSA) is 72.1 Å². The second-order valence-electron chi connectivity index (χ2n) is 7.51. The van der Waals surface area contributed by atoms with E-state index in [1.165, 1.54) is 16.9 Å². The van der Waals surface area contributed by atoms with Crippen molar-refractivity contribution in [2.24, 2.45) is 0 Å². The number of aromatic nitrogens is 3. The zero-order chi connectivity index (χ0) is 22.1. The average molecular weight is 441 g/mol. The number of carbonyl (C=O) groups is 1. The van der Waals surface area contributed by atoms with Crippen LogP contribution < -0.4 is 4.90 Å². The number of nitrogens with zero attached hydrogens (tertiary/aromatic N) is 4. The Morgan fingerprint density at radius 3 is 2.62 bits per heavy atom. The second kappa shape index (κ2) is 8.36. The maximum atomic E-state index is 13.6. The number of aryl methyl sites for hydroxylation is 2. The first-order chi connectivity index (χ1) is 15.6. The molecule has 0 fully saturated rings. The summed E-state index contributed by atoms with van der Waals surface area (Å²) in [5.41, 5.74) is 5.05. The standard InChI is InChI=1S/C25H20N4O2S/c1-16-11-12-22-23(17(16)2)27-25(32-22)29(15-19-10-6-7-13-26-19)24(30)20-14-21(31-28-20)18-8-4-3-5-9-18/h3-14H,15H2,1-2H3. The van der Waals surface area contributed by atoms with Crippen molar-refractivity contribution < 1.29 is 9.32 Å². The number of benzene rings is 2. The summed E-state index contributed by atoms with van der Waals surface area (Å²) in [7, 11) is 0. The molecule has 0 saturated carbocycles. The molecule has 0 atom stereocenters. The van der Waals surface area contributed by atoms with Gasteiger partial charge in [0.15, 0.2) is 16.6 Å². The zero-order valence-corrected chi connectivity index (χ0v) is 18.5. The summed E-state index contributed by atoms with van der Waals surface area (Å²) in [6, 6.07) is 21.0. The lowest BCUT2D eigenvalue weighted by molar-refractivity contribution is 0.0976. The van der Waals surface area contributed by atoms with Gasteiger partial charge in [-0.2, -0.15) is 0 Å². The van der Waals surface area contributed by atoms with Crippen molar-refractivity contribution >= 4 is 32.6 Å². The number of fused-ring (bicyclic) bond motifs is 1. The molecule has 0 aliphatic rings. The number of carbonyl (C=O) groups excluding carboxylic acids is 1. The number of hydrogen-bond donors (Lipinski definition) is 0. The molecule has 2 aromatic carbocycles. The Morgan fingerprint density at radius 2 is 1.84 bits per heavy atom. The van der Waals surface area contributed by atoms with Crippen LogP contribution in [0.4, 0.5) is 5.13 Å². The summed E-state index contributed by atoms with van der Waals surface area (Å²) >= 11 is 1.48. The number of hydrogen-bond acceptors (Lipinski definition) is 6. The number of rotatable bonds is 5. The lowest BCUT2D eigenvalue weighted by atomic mass is 10.1. The van der Waals surface area contributed by atoms with Gasteiger partial charge in [-0.05, 0) is 43.2 Å². The van der Waals surface area contributed by atoms with Crippen molar-refractivity contribution in [1.82, 2.24) is 15.1 Å². The molecule has 32 heavy (non-hydrogen) atoms. The summed E-state index contributed by atoms with van der Waals surface area (Å²) in [6.07, 6.45) is 1.72. The molecule has 7 heteroatoms. The van der Waals surface area contributed by atoms with Crippen molar-refractivity contribution in [2.75, 3.05) is 4.90 Å². The highest BCUT2D eigenvalue weighted by atomic mass is 32.1. The molecular weight excluding hydrogens is 420 g/mol. The lowest BCUT2D eigenvalue weighted by Gasteiger charge is -2.18. The Bertz CT molecular complexity index is 1390. The van der Waals surface area contributed by atoms with Gasteiger partial charge in [0.1, 0.15) is 0 Å². The molecule has 0 spiro atoms. The minimum absolute atomic E-state index is 0.229. The first-order valence-electron chi connectivity index (χ1n) is 10.2. The second-order valence-corrected chi connectivity index (χ2v) is 8.51.